The molecule has 4 rings (SSSR count). The molecular weight excluding hydrogens is 412 g/mol. The summed E-state index contributed by atoms with van der Waals surface area (Å²) in [6.07, 6.45) is 5.18. The van der Waals surface area contributed by atoms with Gasteiger partial charge in [0.1, 0.15) is 5.75 Å². The molecule has 1 amide bonds. The molecule has 4 N–H and O–H groups in total. The van der Waals surface area contributed by atoms with Crippen LogP contribution in [0.15, 0.2) is 28.4 Å². The minimum atomic E-state index is -0.790. The highest BCUT2D eigenvalue weighted by Crippen LogP contribution is 2.42. The number of phenols is 1. The number of carbonyl (C=O) groups is 2. The van der Waals surface area contributed by atoms with Crippen molar-refractivity contribution in [2.45, 2.75) is 76.4 Å². The Morgan fingerprint density at radius 1 is 1.19 bits per heavy atom. The maximum Gasteiger partial charge on any atom is 0.306 e. The lowest BCUT2D eigenvalue weighted by atomic mass is 9.77. The summed E-state index contributed by atoms with van der Waals surface area (Å²) in [5.41, 5.74) is 4.58. The number of rotatable bonds is 5. The van der Waals surface area contributed by atoms with Crippen molar-refractivity contribution in [1.82, 2.24) is 5.01 Å². The quantitative estimate of drug-likeness (QED) is 0.409. The first-order valence-electron chi connectivity index (χ1n) is 11.3. The molecule has 0 spiro atoms. The molecule has 32 heavy (non-hydrogen) atoms. The van der Waals surface area contributed by atoms with E-state index in [4.69, 9.17) is 0 Å². The average molecular weight is 443 g/mol. The number of hydrazone groups is 2. The first-order valence-corrected chi connectivity index (χ1v) is 11.3. The number of nitrogens with zero attached hydrogens (tertiary/aromatic N) is 3. The molecule has 2 fully saturated rings. The number of para-hydroxylation sites is 1. The summed E-state index contributed by atoms with van der Waals surface area (Å²) in [6.45, 7) is 1.72. The summed E-state index contributed by atoms with van der Waals surface area (Å²) in [4.78, 5) is 24.3. The maximum atomic E-state index is 12.9. The zero-order chi connectivity index (χ0) is 22.8. The minimum absolute atomic E-state index is 0.0334. The van der Waals surface area contributed by atoms with Crippen LogP contribution in [0.2, 0.25) is 0 Å². The van der Waals surface area contributed by atoms with Gasteiger partial charge in [0.2, 0.25) is 0 Å². The molecule has 0 bridgehead atoms. The summed E-state index contributed by atoms with van der Waals surface area (Å²) < 4.78 is 0. The van der Waals surface area contributed by atoms with Crippen LogP contribution in [0, 0.1) is 5.92 Å². The number of anilines is 1. The second-order valence-electron chi connectivity index (χ2n) is 9.01. The minimum Gasteiger partial charge on any atom is -0.505 e. The van der Waals surface area contributed by atoms with E-state index in [9.17, 15) is 24.9 Å². The van der Waals surface area contributed by atoms with Crippen molar-refractivity contribution in [3.63, 3.8) is 0 Å². The third kappa shape index (κ3) is 4.48. The summed E-state index contributed by atoms with van der Waals surface area (Å²) in [7, 11) is 0. The van der Waals surface area contributed by atoms with Gasteiger partial charge in [-0.25, -0.2) is 5.01 Å². The molecule has 9 nitrogen and oxygen atoms in total. The van der Waals surface area contributed by atoms with E-state index in [1.54, 1.807) is 19.1 Å². The second-order valence-corrected chi connectivity index (χ2v) is 9.01. The summed E-state index contributed by atoms with van der Waals surface area (Å²) in [5.74, 6) is -1.48. The van der Waals surface area contributed by atoms with Gasteiger partial charge in [-0.2, -0.15) is 10.2 Å². The molecule has 2 unspecified atom stereocenters. The van der Waals surface area contributed by atoms with Crippen LogP contribution in [0.1, 0.15) is 69.8 Å². The van der Waals surface area contributed by atoms with Gasteiger partial charge in [-0.05, 0) is 69.4 Å². The largest absolute Gasteiger partial charge is 0.505 e. The van der Waals surface area contributed by atoms with Crippen molar-refractivity contribution >= 4 is 29.0 Å². The normalized spacial score (nSPS) is 29.8. The molecular formula is C23H30N4O5. The number of carbonyl (C=O) groups excluding carboxylic acids is 1. The van der Waals surface area contributed by atoms with Gasteiger partial charge in [0.05, 0.1) is 29.5 Å². The molecule has 9 heteroatoms. The smallest absolute Gasteiger partial charge is 0.306 e. The second kappa shape index (κ2) is 9.28. The number of phenolic OH excluding ortho intramolecular Hbond substituents is 1. The zero-order valence-electron chi connectivity index (χ0n) is 18.2. The van der Waals surface area contributed by atoms with Gasteiger partial charge in [-0.1, -0.05) is 18.6 Å². The lowest BCUT2D eigenvalue weighted by Gasteiger charge is -2.30. The fraction of sp³-hybridized carbons (Fsp3) is 0.565. The van der Waals surface area contributed by atoms with E-state index in [0.29, 0.717) is 55.5 Å². The highest BCUT2D eigenvalue weighted by molar-refractivity contribution is 6.68. The molecule has 172 valence electrons. The third-order valence-electron chi connectivity index (χ3n) is 6.84. The van der Waals surface area contributed by atoms with E-state index in [-0.39, 0.29) is 35.4 Å². The molecule has 1 aromatic carbocycles. The molecule has 0 aromatic heterocycles. The van der Waals surface area contributed by atoms with Crippen molar-refractivity contribution in [1.29, 1.82) is 0 Å². The lowest BCUT2D eigenvalue weighted by molar-refractivity contribution is -0.143. The Bertz CT molecular complexity index is 952. The van der Waals surface area contributed by atoms with E-state index in [0.717, 1.165) is 12.8 Å². The van der Waals surface area contributed by atoms with Crippen molar-refractivity contribution in [2.24, 2.45) is 16.1 Å². The van der Waals surface area contributed by atoms with E-state index in [2.05, 4.69) is 15.6 Å². The molecule has 1 aliphatic heterocycles. The van der Waals surface area contributed by atoms with Gasteiger partial charge in [0, 0.05) is 0 Å². The standard InChI is InChI=1S/C23H30N4O5/c1-13-20(22(30)27(26-13)16-8-10-17(28)11-9-16)25-24-19-7-3-6-18(21(19)29)14-4-2-5-15(12-14)23(31)32/h3,6-7,14-17,24,28-29H,2,4-5,8-12H2,1H3,(H,31,32). The molecule has 1 aromatic rings. The summed E-state index contributed by atoms with van der Waals surface area (Å²) >= 11 is 0. The Hall–Kier alpha value is -2.94. The monoisotopic (exact) mass is 442 g/mol. The fourth-order valence-corrected chi connectivity index (χ4v) is 4.99. The average Bonchev–Trinajstić information content (AvgIpc) is 3.07. The van der Waals surface area contributed by atoms with Gasteiger partial charge in [-0.3, -0.25) is 15.0 Å². The summed E-state index contributed by atoms with van der Waals surface area (Å²) in [6, 6.07) is 5.24. The highest BCUT2D eigenvalue weighted by atomic mass is 16.4. The number of carboxylic acids is 1. The Balaban J connectivity index is 1.48. The van der Waals surface area contributed by atoms with Crippen LogP contribution >= 0.6 is 0 Å². The number of aliphatic carboxylic acids is 1. The van der Waals surface area contributed by atoms with Crippen molar-refractivity contribution < 1.29 is 24.9 Å². The van der Waals surface area contributed by atoms with Crippen LogP contribution in [-0.4, -0.2) is 55.8 Å². The molecule has 2 aliphatic carbocycles. The van der Waals surface area contributed by atoms with Crippen LogP contribution < -0.4 is 5.43 Å². The van der Waals surface area contributed by atoms with Crippen LogP contribution in [0.3, 0.4) is 0 Å². The molecule has 3 aliphatic rings. The van der Waals surface area contributed by atoms with E-state index >= 15 is 0 Å². The van der Waals surface area contributed by atoms with Crippen LogP contribution in [-0.2, 0) is 9.59 Å². The first kappa shape index (κ1) is 22.3. The van der Waals surface area contributed by atoms with Gasteiger partial charge in [0.15, 0.2) is 5.71 Å². The van der Waals surface area contributed by atoms with Crippen LogP contribution in [0.5, 0.6) is 5.75 Å². The first-order chi connectivity index (χ1) is 15.3. The fourth-order valence-electron chi connectivity index (χ4n) is 4.99. The number of aliphatic hydroxyl groups excluding tert-OH is 1. The maximum absolute atomic E-state index is 12.9. The number of benzene rings is 1. The van der Waals surface area contributed by atoms with E-state index < -0.39 is 11.9 Å². The van der Waals surface area contributed by atoms with Gasteiger partial charge < -0.3 is 15.3 Å². The number of aromatic hydroxyl groups is 1. The Labute approximate surface area is 186 Å². The van der Waals surface area contributed by atoms with Gasteiger partial charge >= 0.3 is 5.97 Å². The number of aliphatic hydroxyl groups is 1. The van der Waals surface area contributed by atoms with Crippen LogP contribution in [0.25, 0.3) is 0 Å². The third-order valence-corrected chi connectivity index (χ3v) is 6.84. The number of hydrogen-bond donors (Lipinski definition) is 4. The Morgan fingerprint density at radius 3 is 2.66 bits per heavy atom. The van der Waals surface area contributed by atoms with Crippen molar-refractivity contribution in [2.75, 3.05) is 5.43 Å². The topological polar surface area (TPSA) is 135 Å². The zero-order valence-corrected chi connectivity index (χ0v) is 18.2. The lowest BCUT2D eigenvalue weighted by Crippen LogP contribution is -2.39. The molecule has 0 saturated heterocycles. The van der Waals surface area contributed by atoms with Crippen molar-refractivity contribution in [3.05, 3.63) is 23.8 Å². The number of amides is 1. The number of nitrogens with one attached hydrogen (secondary N) is 1. The predicted molar refractivity (Wildman–Crippen MR) is 120 cm³/mol. The van der Waals surface area contributed by atoms with Crippen LogP contribution in [0.4, 0.5) is 5.69 Å². The number of hydrogen-bond acceptors (Lipinski definition) is 7. The molecule has 2 saturated carbocycles. The molecule has 0 radical (unpaired) electrons. The molecule has 1 heterocycles. The molecule has 2 atom stereocenters. The highest BCUT2D eigenvalue weighted by Gasteiger charge is 2.36. The van der Waals surface area contributed by atoms with E-state index in [1.807, 2.05) is 6.07 Å². The van der Waals surface area contributed by atoms with Gasteiger partial charge in [-0.15, -0.1) is 0 Å². The van der Waals surface area contributed by atoms with Crippen molar-refractivity contribution in [3.8, 4) is 5.75 Å². The summed E-state index contributed by atoms with van der Waals surface area (Å²) in [5, 5.41) is 40.0. The predicted octanol–water partition coefficient (Wildman–Crippen LogP) is 3.04. The van der Waals surface area contributed by atoms with Gasteiger partial charge in [0.25, 0.3) is 5.91 Å². The van der Waals surface area contributed by atoms with E-state index in [1.165, 1.54) is 5.01 Å². The Morgan fingerprint density at radius 2 is 1.94 bits per heavy atom. The SMILES string of the molecule is CC1=NN(C2CCC(O)CC2)C(=O)C1=NNc1cccc(C2CCCC(C(=O)O)C2)c1O. The number of carboxylic acid groups (broad SMARTS) is 1. The Kier molecular flexibility index (Phi) is 6.45.